The van der Waals surface area contributed by atoms with Gasteiger partial charge in [0.2, 0.25) is 0 Å². The average molecular weight is 418 g/mol. The van der Waals surface area contributed by atoms with Crippen LogP contribution in [0.5, 0.6) is 17.2 Å². The molecule has 1 N–H and O–H groups in total. The van der Waals surface area contributed by atoms with Crippen LogP contribution in [0.15, 0.2) is 71.8 Å². The molecule has 0 heterocycles. The van der Waals surface area contributed by atoms with E-state index in [4.69, 9.17) is 14.2 Å². The molecule has 0 aromatic heterocycles. The lowest BCUT2D eigenvalue weighted by molar-refractivity contribution is -0.123. The lowest BCUT2D eigenvalue weighted by atomic mass is 10.1. The van der Waals surface area contributed by atoms with Gasteiger partial charge in [-0.1, -0.05) is 36.4 Å². The number of benzene rings is 3. The molecule has 6 heteroatoms. The van der Waals surface area contributed by atoms with Gasteiger partial charge in [-0.05, 0) is 66.4 Å². The van der Waals surface area contributed by atoms with E-state index in [2.05, 4.69) is 10.5 Å². The zero-order valence-corrected chi connectivity index (χ0v) is 17.9. The van der Waals surface area contributed by atoms with Crippen molar-refractivity contribution in [1.29, 1.82) is 0 Å². The van der Waals surface area contributed by atoms with E-state index in [0.29, 0.717) is 23.9 Å². The summed E-state index contributed by atoms with van der Waals surface area (Å²) < 4.78 is 16.8. The zero-order valence-electron chi connectivity index (χ0n) is 17.9. The van der Waals surface area contributed by atoms with E-state index in [1.165, 1.54) is 6.21 Å². The van der Waals surface area contributed by atoms with Crippen molar-refractivity contribution in [2.75, 3.05) is 13.7 Å². The smallest absolute Gasteiger partial charge is 0.277 e. The molecule has 0 saturated heterocycles. The number of hydrazone groups is 1. The molecule has 1 amide bonds. The molecule has 0 saturated carbocycles. The van der Waals surface area contributed by atoms with E-state index in [9.17, 15) is 4.79 Å². The number of aryl methyl sites for hydroxylation is 2. The fraction of sp³-hybridized carbons (Fsp3) is 0.200. The highest BCUT2D eigenvalue weighted by Gasteiger charge is 2.06. The van der Waals surface area contributed by atoms with E-state index < -0.39 is 0 Å². The van der Waals surface area contributed by atoms with Gasteiger partial charge in [-0.2, -0.15) is 5.10 Å². The summed E-state index contributed by atoms with van der Waals surface area (Å²) >= 11 is 0. The third-order valence-electron chi connectivity index (χ3n) is 4.39. The van der Waals surface area contributed by atoms with Gasteiger partial charge < -0.3 is 14.2 Å². The van der Waals surface area contributed by atoms with Crippen molar-refractivity contribution in [2.45, 2.75) is 20.5 Å². The van der Waals surface area contributed by atoms with Crippen molar-refractivity contribution >= 4 is 12.1 Å². The van der Waals surface area contributed by atoms with E-state index in [1.54, 1.807) is 13.2 Å². The fourth-order valence-electron chi connectivity index (χ4n) is 3.00. The summed E-state index contributed by atoms with van der Waals surface area (Å²) in [6.45, 7) is 4.30. The van der Waals surface area contributed by atoms with E-state index in [-0.39, 0.29) is 12.5 Å². The number of carbonyl (C=O) groups is 1. The first-order chi connectivity index (χ1) is 15.0. The van der Waals surface area contributed by atoms with Gasteiger partial charge in [0.1, 0.15) is 12.4 Å². The van der Waals surface area contributed by atoms with Crippen molar-refractivity contribution in [2.24, 2.45) is 5.10 Å². The predicted molar refractivity (Wildman–Crippen MR) is 121 cm³/mol. The third-order valence-corrected chi connectivity index (χ3v) is 4.39. The van der Waals surface area contributed by atoms with Gasteiger partial charge in [-0.25, -0.2) is 5.43 Å². The number of nitrogens with one attached hydrogen (secondary N) is 1. The van der Waals surface area contributed by atoms with Crippen LogP contribution in [-0.2, 0) is 11.4 Å². The van der Waals surface area contributed by atoms with Crippen LogP contribution in [-0.4, -0.2) is 25.8 Å². The van der Waals surface area contributed by atoms with Gasteiger partial charge in [-0.3, -0.25) is 4.79 Å². The minimum Gasteiger partial charge on any atom is -0.493 e. The van der Waals surface area contributed by atoms with Crippen LogP contribution in [0.2, 0.25) is 0 Å². The fourth-order valence-corrected chi connectivity index (χ4v) is 3.00. The van der Waals surface area contributed by atoms with Crippen molar-refractivity contribution < 1.29 is 19.0 Å². The molecule has 3 rings (SSSR count). The Hall–Kier alpha value is -3.80. The summed E-state index contributed by atoms with van der Waals surface area (Å²) in [5.41, 5.74) is 6.46. The Balaban J connectivity index is 1.52. The lowest BCUT2D eigenvalue weighted by Gasteiger charge is -2.11. The predicted octanol–water partition coefficient (Wildman–Crippen LogP) is 4.42. The quantitative estimate of drug-likeness (QED) is 0.413. The van der Waals surface area contributed by atoms with E-state index in [1.807, 2.05) is 74.5 Å². The molecule has 0 aliphatic carbocycles. The summed E-state index contributed by atoms with van der Waals surface area (Å²) in [5.74, 6) is 1.54. The molecule has 160 valence electrons. The first kappa shape index (κ1) is 21.9. The minimum absolute atomic E-state index is 0.115. The van der Waals surface area contributed by atoms with Gasteiger partial charge in [0, 0.05) is 0 Å². The third kappa shape index (κ3) is 6.89. The summed E-state index contributed by atoms with van der Waals surface area (Å²) in [7, 11) is 1.58. The van der Waals surface area contributed by atoms with Crippen molar-refractivity contribution in [3.05, 3.63) is 89.0 Å². The molecule has 0 unspecified atom stereocenters. The number of rotatable bonds is 9. The van der Waals surface area contributed by atoms with Crippen LogP contribution >= 0.6 is 0 Å². The monoisotopic (exact) mass is 418 g/mol. The van der Waals surface area contributed by atoms with Crippen molar-refractivity contribution in [3.63, 3.8) is 0 Å². The topological polar surface area (TPSA) is 69.2 Å². The number of amides is 1. The Bertz CT molecular complexity index is 1030. The Labute approximate surface area is 182 Å². The van der Waals surface area contributed by atoms with Crippen molar-refractivity contribution in [3.8, 4) is 17.2 Å². The van der Waals surface area contributed by atoms with Crippen molar-refractivity contribution in [1.82, 2.24) is 5.43 Å². The number of methoxy groups -OCH3 is 1. The Kier molecular flexibility index (Phi) is 7.65. The molecule has 0 fully saturated rings. The van der Waals surface area contributed by atoms with Crippen LogP contribution in [0.25, 0.3) is 0 Å². The molecular formula is C25H26N2O4. The summed E-state index contributed by atoms with van der Waals surface area (Å²) in [4.78, 5) is 12.0. The Morgan fingerprint density at radius 3 is 2.39 bits per heavy atom. The molecule has 31 heavy (non-hydrogen) atoms. The maximum absolute atomic E-state index is 12.0. The SMILES string of the molecule is COc1cc(C=NNC(=O)COc2cc(C)cc(C)c2)ccc1OCc1ccccc1. The maximum atomic E-state index is 12.0. The highest BCUT2D eigenvalue weighted by molar-refractivity contribution is 5.83. The summed E-state index contributed by atoms with van der Waals surface area (Å²) in [6.07, 6.45) is 1.54. The molecule has 3 aromatic carbocycles. The molecule has 0 radical (unpaired) electrons. The normalized spacial score (nSPS) is 10.7. The summed E-state index contributed by atoms with van der Waals surface area (Å²) in [5, 5.41) is 3.99. The second-order valence-electron chi connectivity index (χ2n) is 7.09. The van der Waals surface area contributed by atoms with Gasteiger partial charge in [0.15, 0.2) is 18.1 Å². The number of ether oxygens (including phenoxy) is 3. The molecule has 3 aromatic rings. The van der Waals surface area contributed by atoms with Gasteiger partial charge >= 0.3 is 0 Å². The molecule has 0 spiro atoms. The highest BCUT2D eigenvalue weighted by Crippen LogP contribution is 2.28. The number of carbonyl (C=O) groups excluding carboxylic acids is 1. The molecular weight excluding hydrogens is 392 g/mol. The number of nitrogens with zero attached hydrogens (tertiary/aromatic N) is 1. The highest BCUT2D eigenvalue weighted by atomic mass is 16.5. The standard InChI is InChI=1S/C25H26N2O4/c1-18-11-19(2)13-22(12-18)30-17-25(28)27-26-15-21-9-10-23(24(14-21)29-3)31-16-20-7-5-4-6-8-20/h4-15H,16-17H2,1-3H3,(H,27,28). The number of hydrogen-bond acceptors (Lipinski definition) is 5. The van der Waals surface area contributed by atoms with Gasteiger partial charge in [-0.15, -0.1) is 0 Å². The second kappa shape index (κ2) is 10.8. The molecule has 0 aliphatic heterocycles. The Morgan fingerprint density at radius 2 is 1.68 bits per heavy atom. The average Bonchev–Trinajstić information content (AvgIpc) is 2.76. The molecule has 0 aliphatic rings. The van der Waals surface area contributed by atoms with Crippen LogP contribution in [0.4, 0.5) is 0 Å². The van der Waals surface area contributed by atoms with E-state index in [0.717, 1.165) is 22.3 Å². The van der Waals surface area contributed by atoms with E-state index >= 15 is 0 Å². The molecule has 0 atom stereocenters. The first-order valence-corrected chi connectivity index (χ1v) is 9.91. The largest absolute Gasteiger partial charge is 0.493 e. The Morgan fingerprint density at radius 1 is 0.935 bits per heavy atom. The van der Waals surface area contributed by atoms with Crippen LogP contribution < -0.4 is 19.6 Å². The molecule has 0 bridgehead atoms. The second-order valence-corrected chi connectivity index (χ2v) is 7.09. The first-order valence-electron chi connectivity index (χ1n) is 9.91. The van der Waals surface area contributed by atoms with Gasteiger partial charge in [0.25, 0.3) is 5.91 Å². The van der Waals surface area contributed by atoms with Crippen LogP contribution in [0.3, 0.4) is 0 Å². The maximum Gasteiger partial charge on any atom is 0.277 e. The zero-order chi connectivity index (χ0) is 22.1. The number of hydrogen-bond donors (Lipinski definition) is 1. The summed E-state index contributed by atoms with van der Waals surface area (Å²) in [6, 6.07) is 21.2. The molecule has 6 nitrogen and oxygen atoms in total. The lowest BCUT2D eigenvalue weighted by Crippen LogP contribution is -2.24. The minimum atomic E-state index is -0.342. The van der Waals surface area contributed by atoms with Crippen LogP contribution in [0.1, 0.15) is 22.3 Å². The van der Waals surface area contributed by atoms with Gasteiger partial charge in [0.05, 0.1) is 13.3 Å². The van der Waals surface area contributed by atoms with Crippen LogP contribution in [0, 0.1) is 13.8 Å².